The zero-order valence-electron chi connectivity index (χ0n) is 11.8. The van der Waals surface area contributed by atoms with E-state index in [1.54, 1.807) is 6.20 Å². The van der Waals surface area contributed by atoms with Gasteiger partial charge in [-0.15, -0.1) is 11.3 Å². The van der Waals surface area contributed by atoms with E-state index in [-0.39, 0.29) is 6.04 Å². The maximum absolute atomic E-state index is 4.43. The fourth-order valence-corrected chi connectivity index (χ4v) is 3.08. The van der Waals surface area contributed by atoms with Crippen LogP contribution in [0.5, 0.6) is 0 Å². The van der Waals surface area contributed by atoms with Crippen LogP contribution in [0.3, 0.4) is 0 Å². The van der Waals surface area contributed by atoms with E-state index >= 15 is 0 Å². The first-order valence-electron chi connectivity index (χ1n) is 6.50. The van der Waals surface area contributed by atoms with Gasteiger partial charge in [-0.25, -0.2) is 4.98 Å². The third-order valence-corrected chi connectivity index (χ3v) is 3.88. The van der Waals surface area contributed by atoms with E-state index in [1.165, 1.54) is 15.3 Å². The average Bonchev–Trinajstić information content (AvgIpc) is 2.69. The molecule has 0 fully saturated rings. The molecule has 0 spiro atoms. The van der Waals surface area contributed by atoms with Gasteiger partial charge in [-0.3, -0.25) is 0 Å². The van der Waals surface area contributed by atoms with Gasteiger partial charge in [0.05, 0.1) is 6.04 Å². The maximum atomic E-state index is 4.43. The van der Waals surface area contributed by atoms with E-state index in [1.807, 2.05) is 24.3 Å². The molecule has 0 aliphatic carbocycles. The zero-order chi connectivity index (χ0) is 13.8. The minimum atomic E-state index is 0.245. The number of nitrogens with one attached hydrogen (secondary N) is 2. The van der Waals surface area contributed by atoms with Gasteiger partial charge in [-0.2, -0.15) is 4.98 Å². The van der Waals surface area contributed by atoms with E-state index in [0.717, 1.165) is 12.4 Å². The summed E-state index contributed by atoms with van der Waals surface area (Å²) in [4.78, 5) is 11.3. The predicted octanol–water partition coefficient (Wildman–Crippen LogP) is 3.76. The highest BCUT2D eigenvalue weighted by Crippen LogP contribution is 2.28. The molecule has 0 saturated carbocycles. The molecular weight excluding hydrogens is 256 g/mol. The topological polar surface area (TPSA) is 49.8 Å². The molecule has 2 N–H and O–H groups in total. The lowest BCUT2D eigenvalue weighted by Crippen LogP contribution is -2.10. The molecule has 102 valence electrons. The first kappa shape index (κ1) is 13.8. The van der Waals surface area contributed by atoms with Crippen molar-refractivity contribution in [1.82, 2.24) is 9.97 Å². The SMILES string of the molecule is CCNc1nccc(NC(C)c2cc(C)sc2C)n1. The highest BCUT2D eigenvalue weighted by Gasteiger charge is 2.11. The van der Waals surface area contributed by atoms with Crippen LogP contribution in [0.4, 0.5) is 11.8 Å². The molecule has 0 aliphatic rings. The number of aryl methyl sites for hydroxylation is 2. The minimum absolute atomic E-state index is 0.245. The number of nitrogens with zero attached hydrogens (tertiary/aromatic N) is 2. The molecule has 2 aromatic rings. The van der Waals surface area contributed by atoms with Gasteiger partial charge in [0.15, 0.2) is 0 Å². The van der Waals surface area contributed by atoms with E-state index in [0.29, 0.717) is 5.95 Å². The zero-order valence-corrected chi connectivity index (χ0v) is 12.6. The highest BCUT2D eigenvalue weighted by molar-refractivity contribution is 7.12. The summed E-state index contributed by atoms with van der Waals surface area (Å²) in [5, 5.41) is 6.54. The molecule has 0 aromatic carbocycles. The molecule has 1 unspecified atom stereocenters. The van der Waals surface area contributed by atoms with Crippen LogP contribution in [0.1, 0.15) is 35.2 Å². The van der Waals surface area contributed by atoms with Crippen molar-refractivity contribution >= 4 is 23.1 Å². The van der Waals surface area contributed by atoms with Crippen molar-refractivity contribution in [3.05, 3.63) is 33.6 Å². The summed E-state index contributed by atoms with van der Waals surface area (Å²) < 4.78 is 0. The number of aromatic nitrogens is 2. The fourth-order valence-electron chi connectivity index (χ4n) is 2.06. The van der Waals surface area contributed by atoms with E-state index in [4.69, 9.17) is 0 Å². The van der Waals surface area contributed by atoms with Crippen LogP contribution in [0.25, 0.3) is 0 Å². The van der Waals surface area contributed by atoms with Crippen LogP contribution >= 0.6 is 11.3 Å². The Balaban J connectivity index is 2.12. The standard InChI is InChI=1S/C14H20N4S/c1-5-15-14-16-7-6-13(18-14)17-10(3)12-8-9(2)19-11(12)4/h6-8,10H,5H2,1-4H3,(H2,15,16,17,18). The summed E-state index contributed by atoms with van der Waals surface area (Å²) in [5.74, 6) is 1.51. The Bertz CT molecular complexity index is 550. The quantitative estimate of drug-likeness (QED) is 0.873. The average molecular weight is 276 g/mol. The normalized spacial score (nSPS) is 12.2. The summed E-state index contributed by atoms with van der Waals surface area (Å²) >= 11 is 1.83. The summed E-state index contributed by atoms with van der Waals surface area (Å²) in [6.45, 7) is 9.31. The first-order chi connectivity index (χ1) is 9.10. The first-order valence-corrected chi connectivity index (χ1v) is 7.32. The van der Waals surface area contributed by atoms with E-state index in [2.05, 4.69) is 47.4 Å². The van der Waals surface area contributed by atoms with Gasteiger partial charge in [0, 0.05) is 22.5 Å². The number of anilines is 2. The van der Waals surface area contributed by atoms with Gasteiger partial charge >= 0.3 is 0 Å². The minimum Gasteiger partial charge on any atom is -0.363 e. The third-order valence-electron chi connectivity index (χ3n) is 2.90. The number of rotatable bonds is 5. The van der Waals surface area contributed by atoms with Gasteiger partial charge in [-0.1, -0.05) is 0 Å². The molecule has 2 heterocycles. The van der Waals surface area contributed by atoms with Crippen molar-refractivity contribution in [2.75, 3.05) is 17.2 Å². The molecule has 1 atom stereocenters. The van der Waals surface area contributed by atoms with Crippen molar-refractivity contribution in [3.63, 3.8) is 0 Å². The molecule has 2 rings (SSSR count). The van der Waals surface area contributed by atoms with Crippen LogP contribution in [0, 0.1) is 13.8 Å². The van der Waals surface area contributed by atoms with Crippen molar-refractivity contribution in [3.8, 4) is 0 Å². The number of hydrogen-bond acceptors (Lipinski definition) is 5. The summed E-state index contributed by atoms with van der Waals surface area (Å²) in [6, 6.07) is 4.38. The van der Waals surface area contributed by atoms with Gasteiger partial charge < -0.3 is 10.6 Å². The predicted molar refractivity (Wildman–Crippen MR) is 82.0 cm³/mol. The maximum Gasteiger partial charge on any atom is 0.224 e. The van der Waals surface area contributed by atoms with Crippen LogP contribution in [0.15, 0.2) is 18.3 Å². The van der Waals surface area contributed by atoms with Crippen LogP contribution < -0.4 is 10.6 Å². The lowest BCUT2D eigenvalue weighted by molar-refractivity contribution is 0.869. The van der Waals surface area contributed by atoms with E-state index in [9.17, 15) is 0 Å². The van der Waals surface area contributed by atoms with Gasteiger partial charge in [-0.05, 0) is 45.4 Å². The molecule has 0 amide bonds. The summed E-state index contributed by atoms with van der Waals surface area (Å²) in [5.41, 5.74) is 1.34. The monoisotopic (exact) mass is 276 g/mol. The molecule has 4 nitrogen and oxygen atoms in total. The molecule has 0 saturated heterocycles. The molecule has 5 heteroatoms. The van der Waals surface area contributed by atoms with Crippen molar-refractivity contribution in [2.24, 2.45) is 0 Å². The van der Waals surface area contributed by atoms with Crippen molar-refractivity contribution < 1.29 is 0 Å². The number of thiophene rings is 1. The third kappa shape index (κ3) is 3.44. The van der Waals surface area contributed by atoms with Crippen LogP contribution in [-0.4, -0.2) is 16.5 Å². The van der Waals surface area contributed by atoms with Crippen molar-refractivity contribution in [2.45, 2.75) is 33.7 Å². The largest absolute Gasteiger partial charge is 0.363 e. The summed E-state index contributed by atoms with van der Waals surface area (Å²) in [6.07, 6.45) is 1.77. The Labute approximate surface area is 118 Å². The lowest BCUT2D eigenvalue weighted by atomic mass is 10.1. The molecule has 0 bridgehead atoms. The second-order valence-electron chi connectivity index (χ2n) is 4.53. The van der Waals surface area contributed by atoms with Crippen LogP contribution in [-0.2, 0) is 0 Å². The van der Waals surface area contributed by atoms with Gasteiger partial charge in [0.2, 0.25) is 5.95 Å². The molecular formula is C14H20N4S. The second-order valence-corrected chi connectivity index (χ2v) is 5.99. The molecule has 0 radical (unpaired) electrons. The van der Waals surface area contributed by atoms with Crippen LogP contribution in [0.2, 0.25) is 0 Å². The second kappa shape index (κ2) is 6.02. The van der Waals surface area contributed by atoms with Gasteiger partial charge in [0.1, 0.15) is 5.82 Å². The smallest absolute Gasteiger partial charge is 0.224 e. The Hall–Kier alpha value is -1.62. The summed E-state index contributed by atoms with van der Waals surface area (Å²) in [7, 11) is 0. The Morgan fingerprint density at radius 3 is 2.79 bits per heavy atom. The Morgan fingerprint density at radius 2 is 2.16 bits per heavy atom. The fraction of sp³-hybridized carbons (Fsp3) is 0.429. The highest BCUT2D eigenvalue weighted by atomic mass is 32.1. The number of hydrogen-bond donors (Lipinski definition) is 2. The van der Waals surface area contributed by atoms with Crippen molar-refractivity contribution in [1.29, 1.82) is 0 Å². The molecule has 0 aliphatic heterocycles. The lowest BCUT2D eigenvalue weighted by Gasteiger charge is -2.15. The Kier molecular flexibility index (Phi) is 4.37. The van der Waals surface area contributed by atoms with E-state index < -0.39 is 0 Å². The Morgan fingerprint density at radius 1 is 1.37 bits per heavy atom. The van der Waals surface area contributed by atoms with Gasteiger partial charge in [0.25, 0.3) is 0 Å². The molecule has 2 aromatic heterocycles. The molecule has 19 heavy (non-hydrogen) atoms.